The van der Waals surface area contributed by atoms with E-state index in [0.29, 0.717) is 0 Å². The third-order valence-corrected chi connectivity index (χ3v) is 11.0. The minimum Gasteiger partial charge on any atom is -0.456 e. The van der Waals surface area contributed by atoms with Crippen LogP contribution in [0.1, 0.15) is 0 Å². The fourth-order valence-corrected chi connectivity index (χ4v) is 8.60. The molecule has 0 aliphatic heterocycles. The van der Waals surface area contributed by atoms with E-state index in [-0.39, 0.29) is 0 Å². The van der Waals surface area contributed by atoms with Crippen LogP contribution in [0.25, 0.3) is 87.3 Å². The van der Waals surface area contributed by atoms with E-state index >= 15 is 0 Å². The lowest BCUT2D eigenvalue weighted by Crippen LogP contribution is -2.11. The summed E-state index contributed by atoms with van der Waals surface area (Å²) in [5.41, 5.74) is 9.93. The molecule has 0 atom stereocenters. The van der Waals surface area contributed by atoms with Gasteiger partial charge in [0.15, 0.2) is 0 Å². The molecule has 54 heavy (non-hydrogen) atoms. The van der Waals surface area contributed by atoms with Crippen molar-refractivity contribution in [2.75, 3.05) is 4.90 Å². The Labute approximate surface area is 312 Å². The third kappa shape index (κ3) is 4.74. The number of rotatable bonds is 5. The van der Waals surface area contributed by atoms with E-state index in [9.17, 15) is 0 Å². The number of fused-ring (bicyclic) bond motifs is 11. The number of furan rings is 1. The number of hydrogen-bond acceptors (Lipinski definition) is 2. The predicted octanol–water partition coefficient (Wildman–Crippen LogP) is 15.0. The summed E-state index contributed by atoms with van der Waals surface area (Å²) in [6.07, 6.45) is 0. The SMILES string of the molecule is c1ccc(N(c2ccc(-c3ccc4ccccc4c3)cc2)c2ccccc2-c2cccc3c4ccc5oc6ccccc6c5c4c4ccccc4c23)cc1. The van der Waals surface area contributed by atoms with Gasteiger partial charge in [0.05, 0.1) is 5.69 Å². The van der Waals surface area contributed by atoms with E-state index in [2.05, 4.69) is 199 Å². The first-order chi connectivity index (χ1) is 26.8. The highest BCUT2D eigenvalue weighted by molar-refractivity contribution is 6.36. The number of nitrogens with zero attached hydrogens (tertiary/aromatic N) is 1. The van der Waals surface area contributed by atoms with Crippen LogP contribution in [0.5, 0.6) is 0 Å². The molecule has 2 heteroatoms. The summed E-state index contributed by atoms with van der Waals surface area (Å²) in [5, 5.41) is 12.2. The van der Waals surface area contributed by atoms with E-state index in [1.807, 2.05) is 6.07 Å². The lowest BCUT2D eigenvalue weighted by molar-refractivity contribution is 0.669. The highest BCUT2D eigenvalue weighted by atomic mass is 16.3. The number of para-hydroxylation sites is 3. The Morgan fingerprint density at radius 3 is 1.74 bits per heavy atom. The molecule has 0 radical (unpaired) electrons. The molecule has 0 aliphatic rings. The van der Waals surface area contributed by atoms with Crippen LogP contribution < -0.4 is 4.90 Å². The van der Waals surface area contributed by atoms with Gasteiger partial charge in [-0.05, 0) is 109 Å². The normalized spacial score (nSPS) is 11.7. The molecule has 0 aliphatic carbocycles. The second kappa shape index (κ2) is 12.2. The molecule has 252 valence electrons. The fourth-order valence-electron chi connectivity index (χ4n) is 8.60. The van der Waals surface area contributed by atoms with Gasteiger partial charge in [0.2, 0.25) is 0 Å². The monoisotopic (exact) mass is 687 g/mol. The zero-order chi connectivity index (χ0) is 35.6. The van der Waals surface area contributed by atoms with E-state index in [0.717, 1.165) is 33.6 Å². The van der Waals surface area contributed by atoms with Crippen molar-refractivity contribution in [2.24, 2.45) is 0 Å². The lowest BCUT2D eigenvalue weighted by atomic mass is 9.87. The van der Waals surface area contributed by atoms with Crippen LogP contribution in [0.3, 0.4) is 0 Å². The Balaban J connectivity index is 1.13. The number of benzene rings is 10. The Bertz CT molecular complexity index is 3180. The molecule has 2 nitrogen and oxygen atoms in total. The van der Waals surface area contributed by atoms with Crippen molar-refractivity contribution < 1.29 is 4.42 Å². The summed E-state index contributed by atoms with van der Waals surface area (Å²) in [4.78, 5) is 2.39. The van der Waals surface area contributed by atoms with Crippen molar-refractivity contribution >= 4 is 82.1 Å². The van der Waals surface area contributed by atoms with Crippen LogP contribution in [0.4, 0.5) is 17.1 Å². The van der Waals surface area contributed by atoms with Gasteiger partial charge in [0.1, 0.15) is 11.2 Å². The number of hydrogen-bond donors (Lipinski definition) is 0. The van der Waals surface area contributed by atoms with Gasteiger partial charge in [-0.25, -0.2) is 0 Å². The van der Waals surface area contributed by atoms with Crippen LogP contribution in [0.2, 0.25) is 0 Å². The first-order valence-corrected chi connectivity index (χ1v) is 18.5. The van der Waals surface area contributed by atoms with Gasteiger partial charge < -0.3 is 9.32 Å². The molecule has 10 aromatic carbocycles. The summed E-state index contributed by atoms with van der Waals surface area (Å²) in [6.45, 7) is 0. The molecule has 0 spiro atoms. The lowest BCUT2D eigenvalue weighted by Gasteiger charge is -2.28. The predicted molar refractivity (Wildman–Crippen MR) is 229 cm³/mol. The minimum atomic E-state index is 0.915. The largest absolute Gasteiger partial charge is 0.456 e. The second-order valence-corrected chi connectivity index (χ2v) is 14.0. The Morgan fingerprint density at radius 1 is 0.315 bits per heavy atom. The summed E-state index contributed by atoms with van der Waals surface area (Å²) < 4.78 is 6.38. The smallest absolute Gasteiger partial charge is 0.136 e. The summed E-state index contributed by atoms with van der Waals surface area (Å²) in [6, 6.07) is 72.2. The molecule has 0 N–H and O–H groups in total. The van der Waals surface area contributed by atoms with Crippen molar-refractivity contribution in [2.45, 2.75) is 0 Å². The molecule has 0 saturated heterocycles. The first-order valence-electron chi connectivity index (χ1n) is 18.5. The van der Waals surface area contributed by atoms with Gasteiger partial charge in [-0.15, -0.1) is 0 Å². The molecule has 0 fully saturated rings. The van der Waals surface area contributed by atoms with Gasteiger partial charge >= 0.3 is 0 Å². The molecule has 11 rings (SSSR count). The van der Waals surface area contributed by atoms with Crippen LogP contribution >= 0.6 is 0 Å². The number of anilines is 3. The molecular weight excluding hydrogens is 655 g/mol. The zero-order valence-corrected chi connectivity index (χ0v) is 29.4. The second-order valence-electron chi connectivity index (χ2n) is 14.0. The topological polar surface area (TPSA) is 16.4 Å². The Morgan fingerprint density at radius 2 is 0.907 bits per heavy atom. The van der Waals surface area contributed by atoms with Crippen molar-refractivity contribution in [3.05, 3.63) is 200 Å². The van der Waals surface area contributed by atoms with Gasteiger partial charge in [-0.3, -0.25) is 0 Å². The van der Waals surface area contributed by atoms with Gasteiger partial charge in [0, 0.05) is 33.1 Å². The summed E-state index contributed by atoms with van der Waals surface area (Å²) in [7, 11) is 0. The molecule has 1 aromatic heterocycles. The standard InChI is InChI=1S/C52H33NO/c1-2-15-38(16-3-1)53(39-29-27-35(28-30-39)37-26-25-34-13-4-5-14-36(34)33-37)47-23-10-8-17-40(47)41-21-12-22-43-45-31-32-49-52(46-20-9-11-24-48(46)54-49)51(45)44-19-7-6-18-42(44)50(41)43/h1-33H. The maximum Gasteiger partial charge on any atom is 0.136 e. The quantitative estimate of drug-likeness (QED) is 0.168. The van der Waals surface area contributed by atoms with Crippen molar-refractivity contribution in [1.29, 1.82) is 0 Å². The molecule has 0 unspecified atom stereocenters. The highest BCUT2D eigenvalue weighted by Gasteiger charge is 2.21. The summed E-state index contributed by atoms with van der Waals surface area (Å²) in [5.74, 6) is 0. The van der Waals surface area contributed by atoms with Gasteiger partial charge in [-0.1, -0.05) is 146 Å². The van der Waals surface area contributed by atoms with Gasteiger partial charge in [0.25, 0.3) is 0 Å². The summed E-state index contributed by atoms with van der Waals surface area (Å²) >= 11 is 0. The molecule has 0 bridgehead atoms. The van der Waals surface area contributed by atoms with Crippen LogP contribution in [0.15, 0.2) is 205 Å². The highest BCUT2D eigenvalue weighted by Crippen LogP contribution is 2.48. The maximum absolute atomic E-state index is 6.38. The van der Waals surface area contributed by atoms with Crippen molar-refractivity contribution in [1.82, 2.24) is 0 Å². The average molecular weight is 688 g/mol. The molecule has 11 aromatic rings. The third-order valence-electron chi connectivity index (χ3n) is 11.0. The van der Waals surface area contributed by atoms with E-state index in [1.165, 1.54) is 70.7 Å². The molecule has 0 amide bonds. The van der Waals surface area contributed by atoms with Crippen molar-refractivity contribution in [3.8, 4) is 22.3 Å². The Hall–Kier alpha value is -7.16. The average Bonchev–Trinajstić information content (AvgIpc) is 3.63. The first kappa shape index (κ1) is 30.5. The van der Waals surface area contributed by atoms with Crippen molar-refractivity contribution in [3.63, 3.8) is 0 Å². The van der Waals surface area contributed by atoms with Crippen LogP contribution in [-0.2, 0) is 0 Å². The van der Waals surface area contributed by atoms with E-state index in [4.69, 9.17) is 4.42 Å². The van der Waals surface area contributed by atoms with Gasteiger partial charge in [-0.2, -0.15) is 0 Å². The van der Waals surface area contributed by atoms with E-state index in [1.54, 1.807) is 0 Å². The molecule has 1 heterocycles. The van der Waals surface area contributed by atoms with Crippen LogP contribution in [0, 0.1) is 0 Å². The molecular formula is C52H33NO. The maximum atomic E-state index is 6.38. The van der Waals surface area contributed by atoms with Crippen LogP contribution in [-0.4, -0.2) is 0 Å². The Kier molecular flexibility index (Phi) is 6.90. The minimum absolute atomic E-state index is 0.915. The molecule has 0 saturated carbocycles. The fraction of sp³-hybridized carbons (Fsp3) is 0. The zero-order valence-electron chi connectivity index (χ0n) is 29.4. The van der Waals surface area contributed by atoms with E-state index < -0.39 is 0 Å².